The normalized spacial score (nSPS) is 32.0. The molecule has 0 spiro atoms. The third kappa shape index (κ3) is 3.22. The van der Waals surface area contributed by atoms with Gasteiger partial charge in [-0.15, -0.1) is 0 Å². The molecular weight excluding hydrogens is 442 g/mol. The molecule has 0 saturated heterocycles. The van der Waals surface area contributed by atoms with Crippen molar-refractivity contribution in [3.63, 3.8) is 0 Å². The summed E-state index contributed by atoms with van der Waals surface area (Å²) in [7, 11) is 1.74. The van der Waals surface area contributed by atoms with Gasteiger partial charge in [-0.3, -0.25) is 9.67 Å². The van der Waals surface area contributed by atoms with Crippen molar-refractivity contribution < 1.29 is 9.84 Å². The molecule has 0 amide bonds. The van der Waals surface area contributed by atoms with Crippen LogP contribution in [0.3, 0.4) is 0 Å². The van der Waals surface area contributed by atoms with Gasteiger partial charge in [0.2, 0.25) is 0 Å². The zero-order chi connectivity index (χ0) is 23.5. The minimum atomic E-state index is -0.781. The molecule has 0 aliphatic heterocycles. The highest BCUT2D eigenvalue weighted by molar-refractivity contribution is 7.71. The van der Waals surface area contributed by atoms with E-state index in [2.05, 4.69) is 35.3 Å². The van der Waals surface area contributed by atoms with Crippen LogP contribution in [-0.2, 0) is 12.8 Å². The number of aromatic amines is 1. The Morgan fingerprint density at radius 2 is 1.97 bits per heavy atom. The fraction of sp³-hybridized carbons (Fsp3) is 0.500. The van der Waals surface area contributed by atoms with Crippen molar-refractivity contribution in [1.29, 1.82) is 0 Å². The number of ether oxygens (including phenoxy) is 1. The number of benzene rings is 2. The number of para-hydroxylation sites is 1. The lowest BCUT2D eigenvalue weighted by molar-refractivity contribution is -0.103. The van der Waals surface area contributed by atoms with E-state index in [1.807, 2.05) is 34.9 Å². The van der Waals surface area contributed by atoms with Crippen LogP contribution in [0.5, 0.6) is 5.75 Å². The third-order valence-electron chi connectivity index (χ3n) is 9.46. The molecule has 2 aromatic carbocycles. The summed E-state index contributed by atoms with van der Waals surface area (Å²) in [4.78, 5) is 0. The predicted octanol–water partition coefficient (Wildman–Crippen LogP) is 5.77. The molecule has 1 aromatic heterocycles. The summed E-state index contributed by atoms with van der Waals surface area (Å²) in [6.45, 7) is 2.35. The molecule has 0 bridgehead atoms. The Kier molecular flexibility index (Phi) is 5.23. The third-order valence-corrected chi connectivity index (χ3v) is 9.74. The van der Waals surface area contributed by atoms with Crippen LogP contribution in [0.25, 0.3) is 5.69 Å². The molecule has 0 radical (unpaired) electrons. The summed E-state index contributed by atoms with van der Waals surface area (Å²) in [6, 6.07) is 16.7. The Labute approximate surface area is 206 Å². The Bertz CT molecular complexity index is 1270. The molecule has 3 aliphatic carbocycles. The van der Waals surface area contributed by atoms with Crippen molar-refractivity contribution in [2.75, 3.05) is 7.11 Å². The van der Waals surface area contributed by atoms with Gasteiger partial charge in [-0.2, -0.15) is 5.10 Å². The molecule has 0 unspecified atom stereocenters. The molecule has 1 heterocycles. The van der Waals surface area contributed by atoms with Gasteiger partial charge in [0.25, 0.3) is 0 Å². The van der Waals surface area contributed by atoms with Crippen LogP contribution >= 0.6 is 12.2 Å². The maximum atomic E-state index is 12.2. The lowest BCUT2D eigenvalue weighted by Gasteiger charge is -2.53. The van der Waals surface area contributed by atoms with E-state index in [0.29, 0.717) is 28.9 Å². The second-order valence-corrected chi connectivity index (χ2v) is 11.2. The number of methoxy groups -OCH3 is 1. The highest BCUT2D eigenvalue weighted by Gasteiger charge is 2.61. The molecule has 178 valence electrons. The molecule has 2 fully saturated rings. The van der Waals surface area contributed by atoms with E-state index in [1.54, 1.807) is 7.11 Å². The van der Waals surface area contributed by atoms with Crippen molar-refractivity contribution in [1.82, 2.24) is 14.8 Å². The van der Waals surface area contributed by atoms with Gasteiger partial charge in [-0.25, -0.2) is 0 Å². The van der Waals surface area contributed by atoms with E-state index >= 15 is 0 Å². The molecule has 34 heavy (non-hydrogen) atoms. The smallest absolute Gasteiger partial charge is 0.199 e. The fourth-order valence-electron chi connectivity index (χ4n) is 7.64. The number of aryl methyl sites for hydroxylation is 1. The van der Waals surface area contributed by atoms with Crippen molar-refractivity contribution >= 4 is 12.2 Å². The summed E-state index contributed by atoms with van der Waals surface area (Å²) in [5, 5.41) is 19.8. The number of H-pyrrole nitrogens is 1. The number of nitrogens with zero attached hydrogens (tertiary/aromatic N) is 2. The van der Waals surface area contributed by atoms with Gasteiger partial charge >= 0.3 is 0 Å². The van der Waals surface area contributed by atoms with Crippen molar-refractivity contribution in [3.8, 4) is 11.4 Å². The van der Waals surface area contributed by atoms with Gasteiger partial charge in [0.1, 0.15) is 11.6 Å². The quantitative estimate of drug-likeness (QED) is 0.470. The number of hydrogen-bond donors (Lipinski definition) is 2. The SMILES string of the molecule is COc1ccc2c(c1)CC[C@@H]1[C@@H]2CC[C@@]2(C)[C@H]1CC[C@@]2(O)Cc1n[nH]c(=S)n1-c1ccccc1. The lowest BCUT2D eigenvalue weighted by Crippen LogP contribution is -2.52. The maximum Gasteiger partial charge on any atom is 0.199 e. The van der Waals surface area contributed by atoms with E-state index < -0.39 is 5.60 Å². The summed E-state index contributed by atoms with van der Waals surface area (Å²) in [5.41, 5.74) is 3.06. The van der Waals surface area contributed by atoms with E-state index in [4.69, 9.17) is 17.0 Å². The Balaban J connectivity index is 1.31. The van der Waals surface area contributed by atoms with E-state index in [9.17, 15) is 5.11 Å². The van der Waals surface area contributed by atoms with Crippen LogP contribution < -0.4 is 4.74 Å². The predicted molar refractivity (Wildman–Crippen MR) is 135 cm³/mol. The van der Waals surface area contributed by atoms with E-state index in [-0.39, 0.29) is 5.41 Å². The number of aromatic nitrogens is 3. The van der Waals surface area contributed by atoms with Gasteiger partial charge in [0.15, 0.2) is 4.77 Å². The second-order valence-electron chi connectivity index (χ2n) is 10.8. The van der Waals surface area contributed by atoms with Gasteiger partial charge in [-0.05, 0) is 109 Å². The molecule has 6 heteroatoms. The number of fused-ring (bicyclic) bond motifs is 5. The molecule has 6 rings (SSSR count). The average Bonchev–Trinajstić information content (AvgIpc) is 3.35. The highest BCUT2D eigenvalue weighted by Crippen LogP contribution is 2.64. The van der Waals surface area contributed by atoms with Gasteiger partial charge in [0.05, 0.1) is 12.7 Å². The standard InChI is InChI=1S/C28H33N3O2S/c1-27-14-12-22-21-11-9-20(33-2)16-18(21)8-10-23(22)24(27)13-15-28(27,32)17-25-29-30-26(34)31(25)19-6-4-3-5-7-19/h3-7,9,11,16,22-24,32H,8,10,12-15,17H2,1-2H3,(H,30,34)/t22-,23-,24+,27+,28-/m1/s1. The lowest BCUT2D eigenvalue weighted by atomic mass is 9.53. The average molecular weight is 476 g/mol. The van der Waals surface area contributed by atoms with Crippen LogP contribution in [0, 0.1) is 22.0 Å². The monoisotopic (exact) mass is 475 g/mol. The molecular formula is C28H33N3O2S. The number of hydrogen-bond acceptors (Lipinski definition) is 4. The Hall–Kier alpha value is -2.44. The molecule has 2 saturated carbocycles. The maximum absolute atomic E-state index is 12.2. The molecule has 5 nitrogen and oxygen atoms in total. The van der Waals surface area contributed by atoms with Crippen LogP contribution in [0.1, 0.15) is 61.9 Å². The zero-order valence-corrected chi connectivity index (χ0v) is 20.8. The fourth-order valence-corrected chi connectivity index (χ4v) is 7.90. The first kappa shape index (κ1) is 22.1. The summed E-state index contributed by atoms with van der Waals surface area (Å²) in [5.74, 6) is 3.53. The van der Waals surface area contributed by atoms with Gasteiger partial charge < -0.3 is 9.84 Å². The summed E-state index contributed by atoms with van der Waals surface area (Å²) < 4.78 is 8.04. The first-order valence-corrected chi connectivity index (χ1v) is 13.0. The topological polar surface area (TPSA) is 63.1 Å². The van der Waals surface area contributed by atoms with Gasteiger partial charge in [-0.1, -0.05) is 31.2 Å². The van der Waals surface area contributed by atoms with Gasteiger partial charge in [0, 0.05) is 12.1 Å². The van der Waals surface area contributed by atoms with Crippen molar-refractivity contribution in [3.05, 3.63) is 70.3 Å². The van der Waals surface area contributed by atoms with Crippen LogP contribution in [0.2, 0.25) is 0 Å². The Morgan fingerprint density at radius 1 is 1.15 bits per heavy atom. The second kappa shape index (κ2) is 8.06. The minimum absolute atomic E-state index is 0.118. The number of aliphatic hydroxyl groups is 1. The Morgan fingerprint density at radius 3 is 2.76 bits per heavy atom. The zero-order valence-electron chi connectivity index (χ0n) is 20.0. The van der Waals surface area contributed by atoms with Crippen molar-refractivity contribution in [2.45, 2.75) is 63.4 Å². The van der Waals surface area contributed by atoms with Crippen LogP contribution in [0.4, 0.5) is 0 Å². The first-order chi connectivity index (χ1) is 16.4. The summed E-state index contributed by atoms with van der Waals surface area (Å²) >= 11 is 5.56. The highest BCUT2D eigenvalue weighted by atomic mass is 32.1. The van der Waals surface area contributed by atoms with E-state index in [1.165, 1.54) is 17.5 Å². The first-order valence-electron chi connectivity index (χ1n) is 12.5. The van der Waals surface area contributed by atoms with Crippen LogP contribution in [0.15, 0.2) is 48.5 Å². The van der Waals surface area contributed by atoms with Crippen LogP contribution in [-0.4, -0.2) is 32.6 Å². The largest absolute Gasteiger partial charge is 0.497 e. The molecule has 5 atom stereocenters. The number of nitrogens with one attached hydrogen (secondary N) is 1. The van der Waals surface area contributed by atoms with E-state index in [0.717, 1.165) is 49.4 Å². The minimum Gasteiger partial charge on any atom is -0.497 e. The van der Waals surface area contributed by atoms with Crippen molar-refractivity contribution in [2.24, 2.45) is 17.3 Å². The molecule has 3 aromatic rings. The molecule has 2 N–H and O–H groups in total. The molecule has 3 aliphatic rings. The number of rotatable bonds is 4. The summed E-state index contributed by atoms with van der Waals surface area (Å²) in [6.07, 6.45) is 6.89.